The van der Waals surface area contributed by atoms with E-state index >= 15 is 0 Å². The summed E-state index contributed by atoms with van der Waals surface area (Å²) >= 11 is 0. The average Bonchev–Trinajstić information content (AvgIpc) is 2.75. The Hall–Kier alpha value is -2.37. The van der Waals surface area contributed by atoms with E-state index in [0.29, 0.717) is 19.1 Å². The van der Waals surface area contributed by atoms with Crippen molar-refractivity contribution >= 4 is 11.6 Å². The average molecular weight is 409 g/mol. The minimum atomic E-state index is 0.134. The lowest BCUT2D eigenvalue weighted by Gasteiger charge is -2.33. The van der Waals surface area contributed by atoms with Crippen LogP contribution >= 0.6 is 0 Å². The van der Waals surface area contributed by atoms with Crippen molar-refractivity contribution in [2.75, 3.05) is 45.6 Å². The van der Waals surface area contributed by atoms with Gasteiger partial charge in [0.1, 0.15) is 0 Å². The van der Waals surface area contributed by atoms with Crippen LogP contribution in [0.4, 0.5) is 5.69 Å². The van der Waals surface area contributed by atoms with Crippen LogP contribution in [0, 0.1) is 0 Å². The van der Waals surface area contributed by atoms with E-state index in [1.54, 1.807) is 0 Å². The first-order valence-corrected chi connectivity index (χ1v) is 11.0. The smallest absolute Gasteiger partial charge is 0.242 e. The Morgan fingerprint density at radius 2 is 1.83 bits per heavy atom. The summed E-state index contributed by atoms with van der Waals surface area (Å²) in [6, 6.07) is 17.2. The molecular formula is C25H36N4O. The van der Waals surface area contributed by atoms with Gasteiger partial charge in [0.2, 0.25) is 5.91 Å². The number of likely N-dealkylation sites (N-methyl/N-ethyl adjacent to an activating group) is 1. The highest BCUT2D eigenvalue weighted by molar-refractivity contribution is 5.81. The maximum atomic E-state index is 13.1. The van der Waals surface area contributed by atoms with Crippen molar-refractivity contribution in [1.82, 2.24) is 14.7 Å². The molecule has 0 radical (unpaired) electrons. The lowest BCUT2D eigenvalue weighted by atomic mass is 9.97. The van der Waals surface area contributed by atoms with E-state index in [0.717, 1.165) is 43.9 Å². The van der Waals surface area contributed by atoms with E-state index < -0.39 is 0 Å². The molecule has 0 aromatic heterocycles. The Bertz CT molecular complexity index is 819. The zero-order valence-electron chi connectivity index (χ0n) is 18.9. The van der Waals surface area contributed by atoms with Crippen LogP contribution in [0.2, 0.25) is 0 Å². The van der Waals surface area contributed by atoms with Gasteiger partial charge in [-0.1, -0.05) is 42.5 Å². The summed E-state index contributed by atoms with van der Waals surface area (Å²) in [6.07, 6.45) is 1.07. The Balaban J connectivity index is 1.68. The monoisotopic (exact) mass is 408 g/mol. The van der Waals surface area contributed by atoms with Crippen molar-refractivity contribution in [2.24, 2.45) is 0 Å². The number of benzene rings is 2. The van der Waals surface area contributed by atoms with Gasteiger partial charge in [-0.25, -0.2) is 0 Å². The van der Waals surface area contributed by atoms with Crippen LogP contribution in [0.1, 0.15) is 30.5 Å². The SMILES string of the molecule is CC(C)N1CCc2cccc(NCC(=O)N(CCN(C)C)Cc3ccccc3)c2C1. The number of carbonyl (C=O) groups is 1. The van der Waals surface area contributed by atoms with E-state index in [4.69, 9.17) is 0 Å². The first kappa shape index (κ1) is 22.3. The Kier molecular flexibility index (Phi) is 7.88. The summed E-state index contributed by atoms with van der Waals surface area (Å²) in [5.41, 5.74) is 5.00. The summed E-state index contributed by atoms with van der Waals surface area (Å²) in [5, 5.41) is 3.45. The third kappa shape index (κ3) is 6.07. The molecule has 2 aromatic carbocycles. The second-order valence-electron chi connectivity index (χ2n) is 8.72. The molecule has 0 saturated carbocycles. The number of nitrogens with one attached hydrogen (secondary N) is 1. The van der Waals surface area contributed by atoms with E-state index in [1.807, 2.05) is 37.2 Å². The maximum absolute atomic E-state index is 13.1. The fraction of sp³-hybridized carbons (Fsp3) is 0.480. The van der Waals surface area contributed by atoms with Crippen molar-refractivity contribution in [2.45, 2.75) is 39.4 Å². The molecule has 0 saturated heterocycles. The predicted octanol–water partition coefficient (Wildman–Crippen LogP) is 3.46. The Morgan fingerprint density at radius 1 is 1.07 bits per heavy atom. The third-order valence-corrected chi connectivity index (χ3v) is 5.85. The first-order chi connectivity index (χ1) is 14.4. The quantitative estimate of drug-likeness (QED) is 0.690. The highest BCUT2D eigenvalue weighted by Gasteiger charge is 2.21. The number of anilines is 1. The standard InChI is InChI=1S/C25H36N4O/c1-20(2)28-14-13-22-11-8-12-24(23(22)19-28)26-17-25(30)29(16-15-27(3)4)18-21-9-6-5-7-10-21/h5-12,20,26H,13-19H2,1-4H3. The van der Waals surface area contributed by atoms with Crippen LogP contribution in [0.25, 0.3) is 0 Å². The van der Waals surface area contributed by atoms with Gasteiger partial charge in [-0.3, -0.25) is 9.69 Å². The summed E-state index contributed by atoms with van der Waals surface area (Å²) in [4.78, 5) is 19.7. The molecule has 30 heavy (non-hydrogen) atoms. The number of hydrogen-bond acceptors (Lipinski definition) is 4. The molecular weight excluding hydrogens is 372 g/mol. The minimum absolute atomic E-state index is 0.134. The van der Waals surface area contributed by atoms with Crippen LogP contribution < -0.4 is 5.32 Å². The van der Waals surface area contributed by atoms with E-state index in [1.165, 1.54) is 11.1 Å². The van der Waals surface area contributed by atoms with Gasteiger partial charge in [-0.05, 0) is 57.1 Å². The second-order valence-corrected chi connectivity index (χ2v) is 8.72. The molecule has 1 N–H and O–H groups in total. The highest BCUT2D eigenvalue weighted by Crippen LogP contribution is 2.27. The van der Waals surface area contributed by atoms with Crippen LogP contribution in [0.5, 0.6) is 0 Å². The minimum Gasteiger partial charge on any atom is -0.376 e. The molecule has 3 rings (SSSR count). The summed E-state index contributed by atoms with van der Waals surface area (Å²) in [6.45, 7) is 9.06. The van der Waals surface area contributed by atoms with Crippen LogP contribution in [0.3, 0.4) is 0 Å². The van der Waals surface area contributed by atoms with Crippen LogP contribution in [-0.2, 0) is 24.3 Å². The molecule has 0 bridgehead atoms. The molecule has 0 unspecified atom stereocenters. The van der Waals surface area contributed by atoms with Gasteiger partial charge in [-0.15, -0.1) is 0 Å². The Morgan fingerprint density at radius 3 is 2.53 bits per heavy atom. The van der Waals surface area contributed by atoms with Gasteiger partial charge in [0, 0.05) is 44.5 Å². The second kappa shape index (κ2) is 10.6. The van der Waals surface area contributed by atoms with E-state index in [2.05, 4.69) is 59.3 Å². The van der Waals surface area contributed by atoms with Crippen molar-refractivity contribution in [1.29, 1.82) is 0 Å². The van der Waals surface area contributed by atoms with Gasteiger partial charge in [0.15, 0.2) is 0 Å². The van der Waals surface area contributed by atoms with E-state index in [-0.39, 0.29) is 5.91 Å². The maximum Gasteiger partial charge on any atom is 0.242 e. The zero-order chi connectivity index (χ0) is 21.5. The van der Waals surface area contributed by atoms with Gasteiger partial charge in [0.25, 0.3) is 0 Å². The number of hydrogen-bond donors (Lipinski definition) is 1. The zero-order valence-corrected chi connectivity index (χ0v) is 18.9. The molecule has 0 aliphatic carbocycles. The van der Waals surface area contributed by atoms with Crippen molar-refractivity contribution < 1.29 is 4.79 Å². The lowest BCUT2D eigenvalue weighted by molar-refractivity contribution is -0.130. The molecule has 0 fully saturated rings. The molecule has 0 spiro atoms. The number of fused-ring (bicyclic) bond motifs is 1. The fourth-order valence-corrected chi connectivity index (χ4v) is 3.91. The number of carbonyl (C=O) groups excluding carboxylic acids is 1. The number of nitrogens with zero attached hydrogens (tertiary/aromatic N) is 3. The summed E-state index contributed by atoms with van der Waals surface area (Å²) in [5.74, 6) is 0.134. The third-order valence-electron chi connectivity index (χ3n) is 5.85. The molecule has 162 valence electrons. The van der Waals surface area contributed by atoms with Crippen molar-refractivity contribution in [3.63, 3.8) is 0 Å². The molecule has 5 nitrogen and oxygen atoms in total. The topological polar surface area (TPSA) is 38.8 Å². The highest BCUT2D eigenvalue weighted by atomic mass is 16.2. The molecule has 1 amide bonds. The normalized spacial score (nSPS) is 14.1. The summed E-state index contributed by atoms with van der Waals surface area (Å²) in [7, 11) is 4.08. The number of amides is 1. The van der Waals surface area contributed by atoms with Gasteiger partial charge in [0.05, 0.1) is 6.54 Å². The van der Waals surface area contributed by atoms with Gasteiger partial charge in [-0.2, -0.15) is 0 Å². The van der Waals surface area contributed by atoms with Gasteiger partial charge >= 0.3 is 0 Å². The molecule has 1 aliphatic heterocycles. The van der Waals surface area contributed by atoms with E-state index in [9.17, 15) is 4.79 Å². The largest absolute Gasteiger partial charge is 0.376 e. The number of rotatable bonds is 9. The van der Waals surface area contributed by atoms with Crippen LogP contribution in [0.15, 0.2) is 48.5 Å². The van der Waals surface area contributed by atoms with Crippen molar-refractivity contribution in [3.8, 4) is 0 Å². The Labute approximate surface area is 181 Å². The van der Waals surface area contributed by atoms with Crippen molar-refractivity contribution in [3.05, 3.63) is 65.2 Å². The molecule has 1 heterocycles. The molecule has 0 atom stereocenters. The molecule has 5 heteroatoms. The molecule has 1 aliphatic rings. The van der Waals surface area contributed by atoms with Crippen LogP contribution in [-0.4, -0.2) is 66.9 Å². The summed E-state index contributed by atoms with van der Waals surface area (Å²) < 4.78 is 0. The predicted molar refractivity (Wildman–Crippen MR) is 125 cm³/mol. The first-order valence-electron chi connectivity index (χ1n) is 11.0. The van der Waals surface area contributed by atoms with Gasteiger partial charge < -0.3 is 15.1 Å². The molecule has 2 aromatic rings. The fourth-order valence-electron chi connectivity index (χ4n) is 3.91. The lowest BCUT2D eigenvalue weighted by Crippen LogP contribution is -2.40.